The standard InChI is InChI=1S/C16H23NOS/c1-4-6-9-17-12-15(19-11-5-2)16(13(17)3)14-8-7-10-18-14/h7-8,10,12H,4-6,9,11H2,1-3H3. The van der Waals surface area contributed by atoms with Gasteiger partial charge in [0.2, 0.25) is 0 Å². The van der Waals surface area contributed by atoms with Gasteiger partial charge in [-0.1, -0.05) is 20.3 Å². The fourth-order valence-corrected chi connectivity index (χ4v) is 3.25. The van der Waals surface area contributed by atoms with E-state index in [1.165, 1.54) is 35.4 Å². The number of rotatable bonds is 7. The Morgan fingerprint density at radius 2 is 2.11 bits per heavy atom. The summed E-state index contributed by atoms with van der Waals surface area (Å²) in [4.78, 5) is 1.35. The Bertz CT molecular complexity index is 499. The summed E-state index contributed by atoms with van der Waals surface area (Å²) in [6.07, 6.45) is 7.70. The van der Waals surface area contributed by atoms with Gasteiger partial charge in [0.25, 0.3) is 0 Å². The molecule has 0 aliphatic rings. The quantitative estimate of drug-likeness (QED) is 0.634. The molecule has 0 fully saturated rings. The molecule has 0 saturated carbocycles. The molecule has 3 heteroatoms. The molecule has 0 unspecified atom stereocenters. The van der Waals surface area contributed by atoms with Crippen LogP contribution in [0.3, 0.4) is 0 Å². The highest BCUT2D eigenvalue weighted by molar-refractivity contribution is 7.99. The summed E-state index contributed by atoms with van der Waals surface area (Å²) in [7, 11) is 0. The summed E-state index contributed by atoms with van der Waals surface area (Å²) in [5, 5.41) is 0. The molecule has 0 amide bonds. The molecule has 2 nitrogen and oxygen atoms in total. The Kier molecular flexibility index (Phi) is 5.20. The van der Waals surface area contributed by atoms with Crippen LogP contribution in [0.5, 0.6) is 0 Å². The molecule has 2 aromatic heterocycles. The van der Waals surface area contributed by atoms with Crippen molar-refractivity contribution in [2.75, 3.05) is 5.75 Å². The van der Waals surface area contributed by atoms with Gasteiger partial charge in [-0.2, -0.15) is 0 Å². The van der Waals surface area contributed by atoms with E-state index >= 15 is 0 Å². The third-order valence-corrected chi connectivity index (χ3v) is 4.53. The van der Waals surface area contributed by atoms with Crippen LogP contribution in [0.1, 0.15) is 38.8 Å². The minimum atomic E-state index is 0.992. The Morgan fingerprint density at radius 3 is 2.74 bits per heavy atom. The van der Waals surface area contributed by atoms with Crippen molar-refractivity contribution < 1.29 is 4.42 Å². The lowest BCUT2D eigenvalue weighted by Crippen LogP contribution is -1.98. The van der Waals surface area contributed by atoms with Gasteiger partial charge in [-0.15, -0.1) is 11.8 Å². The first-order valence-electron chi connectivity index (χ1n) is 7.14. The average Bonchev–Trinajstić information content (AvgIpc) is 3.02. The Labute approximate surface area is 120 Å². The Balaban J connectivity index is 2.34. The molecule has 0 radical (unpaired) electrons. The molecule has 2 aromatic rings. The van der Waals surface area contributed by atoms with Gasteiger partial charge in [-0.3, -0.25) is 0 Å². The second kappa shape index (κ2) is 6.90. The lowest BCUT2D eigenvalue weighted by atomic mass is 10.2. The van der Waals surface area contributed by atoms with Crippen molar-refractivity contribution >= 4 is 11.8 Å². The molecule has 0 spiro atoms. The van der Waals surface area contributed by atoms with Gasteiger partial charge in [-0.05, 0) is 37.7 Å². The van der Waals surface area contributed by atoms with Gasteiger partial charge in [0.15, 0.2) is 0 Å². The van der Waals surface area contributed by atoms with E-state index in [9.17, 15) is 0 Å². The first kappa shape index (κ1) is 14.3. The summed E-state index contributed by atoms with van der Waals surface area (Å²) in [6, 6.07) is 4.02. The van der Waals surface area contributed by atoms with Crippen LogP contribution in [-0.2, 0) is 6.54 Å². The maximum absolute atomic E-state index is 5.61. The highest BCUT2D eigenvalue weighted by Gasteiger charge is 2.16. The molecule has 19 heavy (non-hydrogen) atoms. The maximum Gasteiger partial charge on any atom is 0.136 e. The van der Waals surface area contributed by atoms with Crippen LogP contribution in [0, 0.1) is 6.92 Å². The van der Waals surface area contributed by atoms with E-state index in [2.05, 4.69) is 37.6 Å². The summed E-state index contributed by atoms with van der Waals surface area (Å²) in [5.41, 5.74) is 2.60. The van der Waals surface area contributed by atoms with Gasteiger partial charge in [0, 0.05) is 23.3 Å². The van der Waals surface area contributed by atoms with Crippen molar-refractivity contribution in [3.8, 4) is 11.3 Å². The van der Waals surface area contributed by atoms with Gasteiger partial charge in [0.1, 0.15) is 5.76 Å². The van der Waals surface area contributed by atoms with Crippen LogP contribution in [0.15, 0.2) is 33.9 Å². The molecule has 0 aliphatic heterocycles. The molecule has 0 N–H and O–H groups in total. The van der Waals surface area contributed by atoms with Gasteiger partial charge in [-0.25, -0.2) is 0 Å². The van der Waals surface area contributed by atoms with Crippen LogP contribution in [0.25, 0.3) is 11.3 Å². The van der Waals surface area contributed by atoms with E-state index in [0.29, 0.717) is 0 Å². The maximum atomic E-state index is 5.61. The third kappa shape index (κ3) is 3.27. The number of unbranched alkanes of at least 4 members (excludes halogenated alkanes) is 1. The number of aromatic nitrogens is 1. The largest absolute Gasteiger partial charge is 0.464 e. The number of furan rings is 1. The van der Waals surface area contributed by atoms with E-state index < -0.39 is 0 Å². The Morgan fingerprint density at radius 1 is 1.26 bits per heavy atom. The van der Waals surface area contributed by atoms with Crippen LogP contribution in [-0.4, -0.2) is 10.3 Å². The predicted molar refractivity (Wildman–Crippen MR) is 82.8 cm³/mol. The van der Waals surface area contributed by atoms with Crippen molar-refractivity contribution in [3.63, 3.8) is 0 Å². The topological polar surface area (TPSA) is 18.1 Å². The second-order valence-corrected chi connectivity index (χ2v) is 5.96. The number of hydrogen-bond donors (Lipinski definition) is 0. The van der Waals surface area contributed by atoms with E-state index in [1.807, 2.05) is 17.8 Å². The van der Waals surface area contributed by atoms with E-state index in [1.54, 1.807) is 6.26 Å². The molecular weight excluding hydrogens is 254 g/mol. The first-order valence-corrected chi connectivity index (χ1v) is 8.12. The fraction of sp³-hybridized carbons (Fsp3) is 0.500. The lowest BCUT2D eigenvalue weighted by molar-refractivity contribution is 0.579. The normalized spacial score (nSPS) is 11.1. The Hall–Kier alpha value is -1.09. The zero-order valence-electron chi connectivity index (χ0n) is 12.1. The summed E-state index contributed by atoms with van der Waals surface area (Å²) in [5.74, 6) is 2.15. The van der Waals surface area contributed by atoms with Gasteiger partial charge in [0.05, 0.1) is 11.8 Å². The van der Waals surface area contributed by atoms with Crippen molar-refractivity contribution in [2.45, 2.75) is 51.5 Å². The van der Waals surface area contributed by atoms with Crippen LogP contribution in [0.4, 0.5) is 0 Å². The summed E-state index contributed by atoms with van der Waals surface area (Å²) >= 11 is 1.93. The minimum absolute atomic E-state index is 0.992. The molecule has 0 aliphatic carbocycles. The highest BCUT2D eigenvalue weighted by Crippen LogP contribution is 2.36. The number of hydrogen-bond acceptors (Lipinski definition) is 2. The zero-order valence-corrected chi connectivity index (χ0v) is 12.9. The van der Waals surface area contributed by atoms with Crippen LogP contribution >= 0.6 is 11.8 Å². The second-order valence-electron chi connectivity index (χ2n) is 4.83. The smallest absolute Gasteiger partial charge is 0.136 e. The lowest BCUT2D eigenvalue weighted by Gasteiger charge is -2.05. The first-order chi connectivity index (χ1) is 9.27. The zero-order chi connectivity index (χ0) is 13.7. The molecule has 0 atom stereocenters. The highest BCUT2D eigenvalue weighted by atomic mass is 32.2. The van der Waals surface area contributed by atoms with Gasteiger partial charge >= 0.3 is 0 Å². The van der Waals surface area contributed by atoms with E-state index in [0.717, 1.165) is 18.1 Å². The van der Waals surface area contributed by atoms with Crippen molar-refractivity contribution in [2.24, 2.45) is 0 Å². The third-order valence-electron chi connectivity index (χ3n) is 3.29. The molecule has 0 saturated heterocycles. The SMILES string of the molecule is CCCCn1cc(SCCC)c(-c2ccco2)c1C. The predicted octanol–water partition coefficient (Wildman–Crippen LogP) is 5.36. The molecular formula is C16H23NOS. The number of thioether (sulfide) groups is 1. The van der Waals surface area contributed by atoms with Crippen molar-refractivity contribution in [1.82, 2.24) is 4.57 Å². The van der Waals surface area contributed by atoms with Crippen molar-refractivity contribution in [3.05, 3.63) is 30.3 Å². The fourth-order valence-electron chi connectivity index (χ4n) is 2.23. The van der Waals surface area contributed by atoms with Crippen LogP contribution < -0.4 is 0 Å². The monoisotopic (exact) mass is 277 g/mol. The number of nitrogens with zero attached hydrogens (tertiary/aromatic N) is 1. The molecule has 0 bridgehead atoms. The number of aryl methyl sites for hydroxylation is 1. The average molecular weight is 277 g/mol. The van der Waals surface area contributed by atoms with Crippen LogP contribution in [0.2, 0.25) is 0 Å². The molecule has 2 rings (SSSR count). The van der Waals surface area contributed by atoms with E-state index in [-0.39, 0.29) is 0 Å². The summed E-state index contributed by atoms with van der Waals surface area (Å²) in [6.45, 7) is 7.76. The van der Waals surface area contributed by atoms with Crippen molar-refractivity contribution in [1.29, 1.82) is 0 Å². The minimum Gasteiger partial charge on any atom is -0.464 e. The molecule has 2 heterocycles. The molecule has 104 valence electrons. The molecule has 0 aromatic carbocycles. The van der Waals surface area contributed by atoms with E-state index in [4.69, 9.17) is 4.42 Å². The summed E-state index contributed by atoms with van der Waals surface area (Å²) < 4.78 is 7.99. The van der Waals surface area contributed by atoms with Gasteiger partial charge < -0.3 is 8.98 Å².